The number of fused-ring (bicyclic) bond motifs is 1. The van der Waals surface area contributed by atoms with E-state index in [1.54, 1.807) is 0 Å². The first-order valence-corrected chi connectivity index (χ1v) is 4.70. The van der Waals surface area contributed by atoms with Crippen LogP contribution in [0.25, 0.3) is 11.0 Å². The van der Waals surface area contributed by atoms with Crippen LogP contribution in [-0.4, -0.2) is 26.7 Å². The topological polar surface area (TPSA) is 58.3 Å². The number of aromatic nitrogens is 2. The summed E-state index contributed by atoms with van der Waals surface area (Å²) in [5.74, 6) is -1.02. The molecule has 2 rings (SSSR count). The van der Waals surface area contributed by atoms with Crippen LogP contribution in [0, 0.1) is 0 Å². The first kappa shape index (κ1) is 11.9. The molecule has 0 fully saturated rings. The molecule has 0 amide bonds. The van der Waals surface area contributed by atoms with E-state index in [0.29, 0.717) is 0 Å². The summed E-state index contributed by atoms with van der Waals surface area (Å²) in [5.41, 5.74) is 0.455. The van der Waals surface area contributed by atoms with Crippen molar-refractivity contribution >= 4 is 23.6 Å². The molecule has 0 aliphatic rings. The number of halogens is 3. The highest BCUT2D eigenvalue weighted by Gasteiger charge is 2.36. The number of alkyl halides is 3. The van der Waals surface area contributed by atoms with Gasteiger partial charge in [0.2, 0.25) is 5.82 Å². The van der Waals surface area contributed by atoms with Gasteiger partial charge in [-0.1, -0.05) is 6.07 Å². The molecule has 2 N–H and O–H groups in total. The first-order valence-electron chi connectivity index (χ1n) is 4.70. The number of aryl methyl sites for hydroxylation is 1. The molecular weight excluding hydrogens is 236 g/mol. The van der Waals surface area contributed by atoms with Crippen LogP contribution in [0.4, 0.5) is 13.2 Å². The van der Waals surface area contributed by atoms with E-state index in [2.05, 4.69) is 4.98 Å². The Labute approximate surface area is 94.5 Å². The van der Waals surface area contributed by atoms with Crippen molar-refractivity contribution in [2.24, 2.45) is 7.05 Å². The minimum absolute atomic E-state index is 0.0745. The molecule has 17 heavy (non-hydrogen) atoms. The maximum absolute atomic E-state index is 12.6. The fraction of sp³-hybridized carbons (Fsp3) is 0.222. The van der Waals surface area contributed by atoms with Gasteiger partial charge >= 0.3 is 13.3 Å². The van der Waals surface area contributed by atoms with Crippen LogP contribution in [0.2, 0.25) is 0 Å². The third-order valence-electron chi connectivity index (χ3n) is 2.46. The Morgan fingerprint density at radius 3 is 2.47 bits per heavy atom. The Kier molecular flexibility index (Phi) is 2.63. The van der Waals surface area contributed by atoms with Crippen molar-refractivity contribution < 1.29 is 23.2 Å². The summed E-state index contributed by atoms with van der Waals surface area (Å²) < 4.78 is 38.6. The minimum atomic E-state index is -4.54. The van der Waals surface area contributed by atoms with E-state index in [4.69, 9.17) is 10.0 Å². The number of nitrogens with zero attached hydrogens (tertiary/aromatic N) is 2. The van der Waals surface area contributed by atoms with Crippen LogP contribution in [0.1, 0.15) is 5.82 Å². The van der Waals surface area contributed by atoms with Crippen molar-refractivity contribution in [1.82, 2.24) is 9.55 Å². The maximum atomic E-state index is 12.6. The molecule has 90 valence electrons. The molecule has 1 heterocycles. The predicted octanol–water partition coefficient (Wildman–Crippen LogP) is 0.272. The van der Waals surface area contributed by atoms with E-state index in [-0.39, 0.29) is 16.5 Å². The van der Waals surface area contributed by atoms with Gasteiger partial charge in [-0.25, -0.2) is 4.98 Å². The van der Waals surface area contributed by atoms with Gasteiger partial charge in [0.25, 0.3) is 0 Å². The second-order valence-corrected chi connectivity index (χ2v) is 3.61. The molecule has 0 aliphatic carbocycles. The van der Waals surface area contributed by atoms with E-state index in [1.165, 1.54) is 25.2 Å². The van der Waals surface area contributed by atoms with Crippen LogP contribution in [0.3, 0.4) is 0 Å². The molecule has 4 nitrogen and oxygen atoms in total. The Balaban J connectivity index is 2.66. The number of benzene rings is 1. The van der Waals surface area contributed by atoms with Crippen molar-refractivity contribution in [2.45, 2.75) is 6.18 Å². The van der Waals surface area contributed by atoms with Gasteiger partial charge < -0.3 is 14.6 Å². The van der Waals surface area contributed by atoms with E-state index >= 15 is 0 Å². The first-order chi connectivity index (χ1) is 7.80. The Hall–Kier alpha value is -1.54. The zero-order chi connectivity index (χ0) is 12.8. The molecule has 0 spiro atoms. The normalized spacial score (nSPS) is 12.1. The fourth-order valence-corrected chi connectivity index (χ4v) is 1.63. The van der Waals surface area contributed by atoms with Crippen LogP contribution in [0.15, 0.2) is 18.2 Å². The number of hydrogen-bond donors (Lipinski definition) is 2. The second kappa shape index (κ2) is 3.74. The summed E-state index contributed by atoms with van der Waals surface area (Å²) in [7, 11) is -0.469. The van der Waals surface area contributed by atoms with Crippen LogP contribution in [-0.2, 0) is 13.2 Å². The number of imidazole rings is 1. The summed E-state index contributed by atoms with van der Waals surface area (Å²) in [4.78, 5) is 3.44. The zero-order valence-electron chi connectivity index (χ0n) is 8.73. The Bertz CT molecular complexity index is 565. The smallest absolute Gasteiger partial charge is 0.423 e. The van der Waals surface area contributed by atoms with Gasteiger partial charge in [-0.3, -0.25) is 0 Å². The van der Waals surface area contributed by atoms with Crippen molar-refractivity contribution in [3.05, 3.63) is 24.0 Å². The highest BCUT2D eigenvalue weighted by Crippen LogP contribution is 2.30. The molecule has 0 unspecified atom stereocenters. The lowest BCUT2D eigenvalue weighted by Crippen LogP contribution is -2.29. The standard InChI is InChI=1S/C9H8BF3N2O2/c1-15-7-3-2-5(10(16)17)4-6(7)14-8(15)9(11,12)13/h2-4,16-17H,1H3. The highest BCUT2D eigenvalue weighted by atomic mass is 19.4. The van der Waals surface area contributed by atoms with Crippen molar-refractivity contribution in [3.8, 4) is 0 Å². The largest absolute Gasteiger partial charge is 0.488 e. The van der Waals surface area contributed by atoms with Crippen LogP contribution < -0.4 is 5.46 Å². The molecule has 0 saturated heterocycles. The summed E-state index contributed by atoms with van der Waals surface area (Å²) in [5, 5.41) is 17.8. The van der Waals surface area contributed by atoms with E-state index in [0.717, 1.165) is 4.57 Å². The molecule has 1 aromatic heterocycles. The molecule has 8 heteroatoms. The van der Waals surface area contributed by atoms with Gasteiger partial charge in [-0.15, -0.1) is 0 Å². The molecule has 0 atom stereocenters. The fourth-order valence-electron chi connectivity index (χ4n) is 1.63. The average Bonchev–Trinajstić information content (AvgIpc) is 2.55. The molecule has 0 bridgehead atoms. The molecular formula is C9H8BF3N2O2. The monoisotopic (exact) mass is 244 g/mol. The Morgan fingerprint density at radius 2 is 1.94 bits per heavy atom. The zero-order valence-corrected chi connectivity index (χ0v) is 8.73. The third-order valence-corrected chi connectivity index (χ3v) is 2.46. The highest BCUT2D eigenvalue weighted by molar-refractivity contribution is 6.58. The van der Waals surface area contributed by atoms with Crippen LogP contribution >= 0.6 is 0 Å². The van der Waals surface area contributed by atoms with Crippen LogP contribution in [0.5, 0.6) is 0 Å². The lowest BCUT2D eigenvalue weighted by molar-refractivity contribution is -0.146. The minimum Gasteiger partial charge on any atom is -0.423 e. The van der Waals surface area contributed by atoms with Gasteiger partial charge in [-0.05, 0) is 17.6 Å². The average molecular weight is 244 g/mol. The van der Waals surface area contributed by atoms with Gasteiger partial charge in [0, 0.05) is 7.05 Å². The maximum Gasteiger partial charge on any atom is 0.488 e. The van der Waals surface area contributed by atoms with E-state index < -0.39 is 19.1 Å². The summed E-state index contributed by atoms with van der Waals surface area (Å²) in [6, 6.07) is 3.93. The number of hydrogen-bond acceptors (Lipinski definition) is 3. The predicted molar refractivity (Wildman–Crippen MR) is 55.5 cm³/mol. The lowest BCUT2D eigenvalue weighted by Gasteiger charge is -2.05. The molecule has 0 radical (unpaired) electrons. The second-order valence-electron chi connectivity index (χ2n) is 3.61. The molecule has 0 aliphatic heterocycles. The SMILES string of the molecule is Cn1c(C(F)(F)F)nc2cc(B(O)O)ccc21. The van der Waals surface area contributed by atoms with Gasteiger partial charge in [-0.2, -0.15) is 13.2 Å². The van der Waals surface area contributed by atoms with Crippen molar-refractivity contribution in [1.29, 1.82) is 0 Å². The Morgan fingerprint density at radius 1 is 1.29 bits per heavy atom. The molecule has 1 aromatic carbocycles. The van der Waals surface area contributed by atoms with E-state index in [1.807, 2.05) is 0 Å². The summed E-state index contributed by atoms with van der Waals surface area (Å²) >= 11 is 0. The van der Waals surface area contributed by atoms with E-state index in [9.17, 15) is 13.2 Å². The van der Waals surface area contributed by atoms with Crippen molar-refractivity contribution in [2.75, 3.05) is 0 Å². The van der Waals surface area contributed by atoms with Crippen molar-refractivity contribution in [3.63, 3.8) is 0 Å². The quantitative estimate of drug-likeness (QED) is 0.708. The lowest BCUT2D eigenvalue weighted by atomic mass is 9.80. The molecule has 2 aromatic rings. The number of rotatable bonds is 1. The molecule has 0 saturated carbocycles. The summed E-state index contributed by atoms with van der Waals surface area (Å²) in [6.45, 7) is 0. The van der Waals surface area contributed by atoms with Gasteiger partial charge in [0.15, 0.2) is 0 Å². The summed E-state index contributed by atoms with van der Waals surface area (Å²) in [6.07, 6.45) is -4.54. The van der Waals surface area contributed by atoms with Gasteiger partial charge in [0.05, 0.1) is 11.0 Å². The van der Waals surface area contributed by atoms with Gasteiger partial charge in [0.1, 0.15) is 0 Å². The third kappa shape index (κ3) is 2.01.